The minimum absolute atomic E-state index is 0.108. The number of aliphatic hydroxyl groups excluding tert-OH is 1. The lowest BCUT2D eigenvalue weighted by Gasteiger charge is -2.21. The van der Waals surface area contributed by atoms with Crippen molar-refractivity contribution in [3.05, 3.63) is 0 Å². The summed E-state index contributed by atoms with van der Waals surface area (Å²) in [6.45, 7) is 7.30. The van der Waals surface area contributed by atoms with Crippen LogP contribution >= 0.6 is 15.6 Å². The monoisotopic (exact) mass is 1400 g/mol. The lowest BCUT2D eigenvalue weighted by molar-refractivity contribution is -0.161. The van der Waals surface area contributed by atoms with Crippen LogP contribution in [0.3, 0.4) is 0 Å². The number of rotatable bonds is 76. The highest BCUT2D eigenvalue weighted by molar-refractivity contribution is 7.47. The Hall–Kier alpha value is -1.94. The zero-order chi connectivity index (χ0) is 69.8. The van der Waals surface area contributed by atoms with Crippen molar-refractivity contribution in [1.82, 2.24) is 0 Å². The summed E-state index contributed by atoms with van der Waals surface area (Å²) in [5.41, 5.74) is 0. The Bertz CT molecular complexity index is 1820. The van der Waals surface area contributed by atoms with Gasteiger partial charge in [-0.1, -0.05) is 349 Å². The van der Waals surface area contributed by atoms with Crippen molar-refractivity contribution < 1.29 is 80.2 Å². The van der Waals surface area contributed by atoms with Crippen molar-refractivity contribution in [3.8, 4) is 0 Å². The molecule has 0 aromatic rings. The van der Waals surface area contributed by atoms with Gasteiger partial charge in [0.05, 0.1) is 26.4 Å². The van der Waals surface area contributed by atoms with Gasteiger partial charge in [0.25, 0.3) is 0 Å². The molecule has 0 saturated carbocycles. The molecule has 0 rings (SSSR count). The number of hydrogen-bond acceptors (Lipinski definition) is 15. The summed E-state index contributed by atoms with van der Waals surface area (Å²) in [7, 11) is -9.91. The largest absolute Gasteiger partial charge is 0.472 e. The maximum atomic E-state index is 13.1. The number of carbonyl (C=O) groups is 4. The molecule has 0 fully saturated rings. The minimum Gasteiger partial charge on any atom is -0.462 e. The van der Waals surface area contributed by atoms with Gasteiger partial charge in [-0.15, -0.1) is 0 Å². The number of carbonyl (C=O) groups excluding carboxylic acids is 4. The van der Waals surface area contributed by atoms with Gasteiger partial charge in [-0.3, -0.25) is 37.3 Å². The molecule has 0 aliphatic carbocycles. The van der Waals surface area contributed by atoms with E-state index in [0.717, 1.165) is 95.8 Å². The number of ether oxygens (including phenoxy) is 4. The van der Waals surface area contributed by atoms with E-state index in [1.165, 1.54) is 225 Å². The topological polar surface area (TPSA) is 237 Å². The molecule has 0 saturated heterocycles. The minimum atomic E-state index is -4.96. The van der Waals surface area contributed by atoms with Crippen molar-refractivity contribution in [2.24, 2.45) is 5.92 Å². The van der Waals surface area contributed by atoms with Crippen LogP contribution < -0.4 is 0 Å². The van der Waals surface area contributed by atoms with Crippen molar-refractivity contribution in [2.45, 2.75) is 419 Å². The van der Waals surface area contributed by atoms with E-state index >= 15 is 0 Å². The number of aliphatic hydroxyl groups is 1. The second-order valence-corrected chi connectivity index (χ2v) is 30.8. The highest BCUT2D eigenvalue weighted by Crippen LogP contribution is 2.45. The van der Waals surface area contributed by atoms with Crippen LogP contribution in [0.25, 0.3) is 0 Å². The molecule has 564 valence electrons. The molecular formula is C76H148O17P2. The van der Waals surface area contributed by atoms with E-state index in [2.05, 4.69) is 34.6 Å². The Kier molecular flexibility index (Phi) is 67.7. The van der Waals surface area contributed by atoms with Crippen LogP contribution in [0.4, 0.5) is 0 Å². The fourth-order valence-corrected chi connectivity index (χ4v) is 13.3. The van der Waals surface area contributed by atoms with Crippen molar-refractivity contribution in [3.63, 3.8) is 0 Å². The summed E-state index contributed by atoms with van der Waals surface area (Å²) >= 11 is 0. The first kappa shape index (κ1) is 93.1. The Labute approximate surface area is 581 Å². The average molecular weight is 1400 g/mol. The fraction of sp³-hybridized carbons (Fsp3) is 0.947. The van der Waals surface area contributed by atoms with E-state index < -0.39 is 97.5 Å². The van der Waals surface area contributed by atoms with Crippen LogP contribution in [0.2, 0.25) is 0 Å². The lowest BCUT2D eigenvalue weighted by Crippen LogP contribution is -2.30. The number of phosphoric ester groups is 2. The molecule has 95 heavy (non-hydrogen) atoms. The predicted octanol–water partition coefficient (Wildman–Crippen LogP) is 22.5. The summed E-state index contributed by atoms with van der Waals surface area (Å²) in [5.74, 6) is -1.33. The van der Waals surface area contributed by atoms with Gasteiger partial charge in [0.1, 0.15) is 19.3 Å². The van der Waals surface area contributed by atoms with Crippen molar-refractivity contribution >= 4 is 39.5 Å². The van der Waals surface area contributed by atoms with Gasteiger partial charge in [0.2, 0.25) is 0 Å². The van der Waals surface area contributed by atoms with Crippen molar-refractivity contribution in [1.29, 1.82) is 0 Å². The molecule has 2 unspecified atom stereocenters. The van der Waals surface area contributed by atoms with Gasteiger partial charge >= 0.3 is 39.5 Å². The molecule has 0 aliphatic heterocycles. The normalized spacial score (nSPS) is 13.9. The molecule has 3 N–H and O–H groups in total. The third kappa shape index (κ3) is 70.3. The molecule has 0 bridgehead atoms. The molecular weight excluding hydrogens is 1250 g/mol. The van der Waals surface area contributed by atoms with Gasteiger partial charge in [0, 0.05) is 25.7 Å². The highest BCUT2D eigenvalue weighted by Gasteiger charge is 2.30. The third-order valence-electron chi connectivity index (χ3n) is 17.8. The van der Waals surface area contributed by atoms with E-state index in [4.69, 9.17) is 37.0 Å². The third-order valence-corrected chi connectivity index (χ3v) is 19.7. The zero-order valence-electron chi connectivity index (χ0n) is 61.8. The second-order valence-electron chi connectivity index (χ2n) is 27.9. The molecule has 0 aromatic heterocycles. The van der Waals surface area contributed by atoms with E-state index in [9.17, 15) is 43.2 Å². The van der Waals surface area contributed by atoms with Gasteiger partial charge in [-0.05, 0) is 31.6 Å². The quantitative estimate of drug-likeness (QED) is 0.0222. The SMILES string of the molecule is CCCCCCCCCCCCCCCCCCCC(=O)O[C@H](COC(=O)CCCCCCCCCCCCCCC(C)C)COP(=O)(O)OC[C@@H](O)COP(=O)(O)OC[C@@H](COC(=O)CCCCCCCCCCC)OC(=O)CCCCCCCCCCCCCCCC. The van der Waals surface area contributed by atoms with Gasteiger partial charge in [0.15, 0.2) is 12.2 Å². The molecule has 17 nitrogen and oxygen atoms in total. The molecule has 0 amide bonds. The second kappa shape index (κ2) is 69.2. The zero-order valence-corrected chi connectivity index (χ0v) is 63.6. The summed E-state index contributed by atoms with van der Waals surface area (Å²) in [6, 6.07) is 0. The van der Waals surface area contributed by atoms with Gasteiger partial charge < -0.3 is 33.8 Å². The fourth-order valence-electron chi connectivity index (χ4n) is 11.7. The molecule has 0 heterocycles. The van der Waals surface area contributed by atoms with E-state index in [0.29, 0.717) is 25.7 Å². The first-order valence-corrected chi connectivity index (χ1v) is 42.6. The summed E-state index contributed by atoms with van der Waals surface area (Å²) in [5, 5.41) is 10.6. The maximum absolute atomic E-state index is 13.1. The summed E-state index contributed by atoms with van der Waals surface area (Å²) in [6.07, 6.45) is 58.1. The molecule has 0 spiro atoms. The number of unbranched alkanes of at least 4 members (excludes halogenated alkanes) is 48. The number of hydrogen-bond donors (Lipinski definition) is 3. The average Bonchev–Trinajstić information content (AvgIpc) is 2.20. The Balaban J connectivity index is 5.23. The van der Waals surface area contributed by atoms with Crippen LogP contribution in [-0.4, -0.2) is 96.7 Å². The lowest BCUT2D eigenvalue weighted by atomic mass is 10.0. The van der Waals surface area contributed by atoms with E-state index in [1.54, 1.807) is 0 Å². The molecule has 0 aliphatic rings. The molecule has 0 aromatic carbocycles. The van der Waals surface area contributed by atoms with E-state index in [-0.39, 0.29) is 25.7 Å². The van der Waals surface area contributed by atoms with Crippen LogP contribution in [-0.2, 0) is 65.4 Å². The Morgan fingerprint density at radius 3 is 0.716 bits per heavy atom. The molecule has 19 heteroatoms. The van der Waals surface area contributed by atoms with Crippen LogP contribution in [0, 0.1) is 5.92 Å². The summed E-state index contributed by atoms with van der Waals surface area (Å²) in [4.78, 5) is 72.8. The standard InChI is InChI=1S/C76H148O17P2/c1-6-9-12-15-18-21-23-25-27-28-29-31-37-42-47-52-57-62-76(81)93-72(66-87-74(79)60-55-50-45-40-35-33-32-34-39-43-48-53-58-69(4)5)68-91-95(84,85)89-64-70(77)63-88-94(82,83)90-67-71(65-86-73(78)59-54-49-44-38-20-17-14-11-8-3)92-75(80)61-56-51-46-41-36-30-26-24-22-19-16-13-10-7-2/h69-72,77H,6-68H2,1-5H3,(H,82,83)(H,84,85)/t70-,71+,72+/m0/s1. The predicted molar refractivity (Wildman–Crippen MR) is 386 cm³/mol. The van der Waals surface area contributed by atoms with Crippen LogP contribution in [0.15, 0.2) is 0 Å². The Morgan fingerprint density at radius 1 is 0.284 bits per heavy atom. The van der Waals surface area contributed by atoms with Crippen molar-refractivity contribution in [2.75, 3.05) is 39.6 Å². The van der Waals surface area contributed by atoms with Crippen LogP contribution in [0.1, 0.15) is 401 Å². The molecule has 0 radical (unpaired) electrons. The number of phosphoric acid groups is 2. The van der Waals surface area contributed by atoms with Crippen LogP contribution in [0.5, 0.6) is 0 Å². The highest BCUT2D eigenvalue weighted by atomic mass is 31.2. The smallest absolute Gasteiger partial charge is 0.462 e. The van der Waals surface area contributed by atoms with E-state index in [1.807, 2.05) is 0 Å². The molecule has 5 atom stereocenters. The maximum Gasteiger partial charge on any atom is 0.472 e. The van der Waals surface area contributed by atoms with Gasteiger partial charge in [-0.2, -0.15) is 0 Å². The summed E-state index contributed by atoms with van der Waals surface area (Å²) < 4.78 is 68.5. The number of esters is 4. The van der Waals surface area contributed by atoms with Gasteiger partial charge in [-0.25, -0.2) is 9.13 Å². The Morgan fingerprint density at radius 2 is 0.484 bits per heavy atom. The first-order valence-electron chi connectivity index (χ1n) is 39.6. The first-order chi connectivity index (χ1) is 46.0.